The third-order valence-electron chi connectivity index (χ3n) is 4.31. The van der Waals surface area contributed by atoms with Crippen molar-refractivity contribution in [3.8, 4) is 0 Å². The van der Waals surface area contributed by atoms with Crippen LogP contribution in [0.3, 0.4) is 0 Å². The first-order valence-corrected chi connectivity index (χ1v) is 9.46. The van der Waals surface area contributed by atoms with Gasteiger partial charge >= 0.3 is 0 Å². The smallest absolute Gasteiger partial charge is 0.270 e. The van der Waals surface area contributed by atoms with Crippen molar-refractivity contribution in [3.63, 3.8) is 0 Å². The van der Waals surface area contributed by atoms with Gasteiger partial charge in [-0.05, 0) is 18.9 Å². The van der Waals surface area contributed by atoms with Crippen LogP contribution in [-0.2, 0) is 9.84 Å². The van der Waals surface area contributed by atoms with E-state index in [2.05, 4.69) is 9.55 Å². The number of nitro benzene ring substituents is 1. The van der Waals surface area contributed by atoms with Crippen LogP contribution >= 0.6 is 0 Å². The Balaban J connectivity index is 1.86. The molecule has 3 rings (SSSR count). The van der Waals surface area contributed by atoms with E-state index in [0.717, 1.165) is 25.2 Å². The van der Waals surface area contributed by atoms with Crippen LogP contribution in [0.15, 0.2) is 41.8 Å². The van der Waals surface area contributed by atoms with Crippen LogP contribution in [0.1, 0.15) is 18.9 Å². The maximum absolute atomic E-state index is 12.1. The van der Waals surface area contributed by atoms with Gasteiger partial charge in [-0.3, -0.25) is 10.1 Å². The van der Waals surface area contributed by atoms with E-state index < -0.39 is 14.8 Å². The number of piperidine rings is 1. The molecule has 2 heterocycles. The van der Waals surface area contributed by atoms with E-state index in [4.69, 9.17) is 0 Å². The van der Waals surface area contributed by atoms with Crippen LogP contribution in [0.4, 0.5) is 11.4 Å². The molecule has 24 heavy (non-hydrogen) atoms. The second-order valence-electron chi connectivity index (χ2n) is 5.91. The monoisotopic (exact) mass is 350 g/mol. The van der Waals surface area contributed by atoms with Crippen molar-refractivity contribution in [2.24, 2.45) is 0 Å². The molecule has 8 nitrogen and oxygen atoms in total. The lowest BCUT2D eigenvalue weighted by Gasteiger charge is -2.34. The van der Waals surface area contributed by atoms with Crippen molar-refractivity contribution >= 4 is 21.2 Å². The molecular formula is C15H18N4O4S. The Morgan fingerprint density at radius 3 is 2.54 bits per heavy atom. The minimum atomic E-state index is -3.56. The minimum Gasteiger partial charge on any atom is -0.370 e. The van der Waals surface area contributed by atoms with Crippen molar-refractivity contribution in [1.82, 2.24) is 9.55 Å². The summed E-state index contributed by atoms with van der Waals surface area (Å²) in [5.41, 5.74) is 0.319. The number of nitrogens with zero attached hydrogens (tertiary/aromatic N) is 4. The first-order valence-electron chi connectivity index (χ1n) is 7.57. The Bertz CT molecular complexity index is 840. The van der Waals surface area contributed by atoms with Gasteiger partial charge in [0.1, 0.15) is 0 Å². The molecule has 1 aromatic carbocycles. The second kappa shape index (κ2) is 6.23. The first kappa shape index (κ1) is 16.4. The molecule has 1 aliphatic rings. The van der Waals surface area contributed by atoms with Gasteiger partial charge in [0, 0.05) is 49.9 Å². The van der Waals surface area contributed by atoms with Crippen LogP contribution in [-0.4, -0.2) is 42.2 Å². The molecule has 1 saturated heterocycles. The summed E-state index contributed by atoms with van der Waals surface area (Å²) < 4.78 is 26.2. The van der Waals surface area contributed by atoms with Gasteiger partial charge in [0.25, 0.3) is 5.69 Å². The number of non-ortho nitro benzene ring substituents is 1. The Kier molecular flexibility index (Phi) is 4.27. The molecule has 128 valence electrons. The van der Waals surface area contributed by atoms with Gasteiger partial charge in [-0.1, -0.05) is 0 Å². The van der Waals surface area contributed by atoms with Crippen LogP contribution in [0.2, 0.25) is 0 Å². The highest BCUT2D eigenvalue weighted by Gasteiger charge is 2.26. The average Bonchev–Trinajstić information content (AvgIpc) is 3.08. The van der Waals surface area contributed by atoms with Gasteiger partial charge in [-0.2, -0.15) is 0 Å². The number of benzene rings is 1. The van der Waals surface area contributed by atoms with E-state index in [0.29, 0.717) is 24.8 Å². The van der Waals surface area contributed by atoms with Crippen molar-refractivity contribution in [2.45, 2.75) is 23.8 Å². The summed E-state index contributed by atoms with van der Waals surface area (Å²) >= 11 is 0. The number of rotatable bonds is 4. The Hall–Kier alpha value is -2.42. The molecule has 0 aliphatic carbocycles. The van der Waals surface area contributed by atoms with Crippen LogP contribution in [0.5, 0.6) is 0 Å². The van der Waals surface area contributed by atoms with Crippen molar-refractivity contribution < 1.29 is 13.3 Å². The molecule has 1 fully saturated rings. The number of anilines is 1. The zero-order chi connectivity index (χ0) is 17.3. The highest BCUT2D eigenvalue weighted by molar-refractivity contribution is 7.90. The Morgan fingerprint density at radius 1 is 1.29 bits per heavy atom. The molecule has 0 amide bonds. The molecule has 9 heteroatoms. The highest BCUT2D eigenvalue weighted by atomic mass is 32.2. The molecule has 1 aliphatic heterocycles. The summed E-state index contributed by atoms with van der Waals surface area (Å²) in [6, 6.07) is 4.37. The van der Waals surface area contributed by atoms with Crippen molar-refractivity contribution in [1.29, 1.82) is 0 Å². The highest BCUT2D eigenvalue weighted by Crippen LogP contribution is 2.33. The number of sulfone groups is 1. The molecule has 0 N–H and O–H groups in total. The number of aromatic nitrogens is 2. The quantitative estimate of drug-likeness (QED) is 0.618. The van der Waals surface area contributed by atoms with Gasteiger partial charge in [-0.15, -0.1) is 0 Å². The third-order valence-corrected chi connectivity index (χ3v) is 5.43. The minimum absolute atomic E-state index is 0.0118. The van der Waals surface area contributed by atoms with E-state index in [-0.39, 0.29) is 10.6 Å². The fourth-order valence-corrected chi connectivity index (χ4v) is 3.98. The number of hydrogen-bond donors (Lipinski definition) is 0. The zero-order valence-electron chi connectivity index (χ0n) is 13.2. The summed E-state index contributed by atoms with van der Waals surface area (Å²) in [6.45, 7) is 1.37. The molecule has 2 aromatic rings. The topological polar surface area (TPSA) is 98.3 Å². The van der Waals surface area contributed by atoms with Gasteiger partial charge in [0.05, 0.1) is 21.8 Å². The van der Waals surface area contributed by atoms with Crippen LogP contribution in [0, 0.1) is 10.1 Å². The number of nitro groups is 1. The molecule has 0 atom stereocenters. The lowest BCUT2D eigenvalue weighted by Crippen LogP contribution is -2.35. The van der Waals surface area contributed by atoms with Gasteiger partial charge in [0.15, 0.2) is 9.84 Å². The van der Waals surface area contributed by atoms with Gasteiger partial charge in [-0.25, -0.2) is 13.4 Å². The second-order valence-corrected chi connectivity index (χ2v) is 7.89. The predicted octanol–water partition coefficient (Wildman–Crippen LogP) is 2.04. The standard InChI is InChI=1S/C15H18N4O4S/c1-24(22,23)15-10-13(19(20)21)2-3-14(15)17-7-4-12(5-8-17)18-9-6-16-11-18/h2-3,6,9-12H,4-5,7-8H2,1H3. The normalized spacial score (nSPS) is 16.3. The maximum Gasteiger partial charge on any atom is 0.270 e. The van der Waals surface area contributed by atoms with Crippen LogP contribution in [0.25, 0.3) is 0 Å². The molecule has 0 bridgehead atoms. The molecular weight excluding hydrogens is 332 g/mol. The van der Waals surface area contributed by atoms with E-state index in [1.165, 1.54) is 12.1 Å². The van der Waals surface area contributed by atoms with Crippen LogP contribution < -0.4 is 4.90 Å². The van der Waals surface area contributed by atoms with Gasteiger partial charge < -0.3 is 9.47 Å². The van der Waals surface area contributed by atoms with E-state index in [1.807, 2.05) is 11.1 Å². The Labute approximate surface area is 139 Å². The molecule has 0 saturated carbocycles. The summed E-state index contributed by atoms with van der Waals surface area (Å²) in [7, 11) is -3.56. The predicted molar refractivity (Wildman–Crippen MR) is 88.9 cm³/mol. The average molecular weight is 350 g/mol. The van der Waals surface area contributed by atoms with Crippen molar-refractivity contribution in [2.75, 3.05) is 24.2 Å². The van der Waals surface area contributed by atoms with E-state index in [9.17, 15) is 18.5 Å². The maximum atomic E-state index is 12.1. The Morgan fingerprint density at radius 2 is 2.00 bits per heavy atom. The zero-order valence-corrected chi connectivity index (χ0v) is 14.0. The lowest BCUT2D eigenvalue weighted by molar-refractivity contribution is -0.385. The third kappa shape index (κ3) is 3.25. The van der Waals surface area contributed by atoms with E-state index >= 15 is 0 Å². The number of imidazole rings is 1. The summed E-state index contributed by atoms with van der Waals surface area (Å²) in [4.78, 5) is 16.4. The molecule has 1 aromatic heterocycles. The summed E-state index contributed by atoms with van der Waals surface area (Å²) in [6.07, 6.45) is 8.24. The molecule has 0 radical (unpaired) electrons. The number of hydrogen-bond acceptors (Lipinski definition) is 6. The first-order chi connectivity index (χ1) is 11.4. The summed E-state index contributed by atoms with van der Waals surface area (Å²) in [5, 5.41) is 10.9. The van der Waals surface area contributed by atoms with Crippen molar-refractivity contribution in [3.05, 3.63) is 47.0 Å². The lowest BCUT2D eigenvalue weighted by atomic mass is 10.0. The van der Waals surface area contributed by atoms with Gasteiger partial charge in [0.2, 0.25) is 0 Å². The molecule has 0 unspecified atom stereocenters. The molecule has 0 spiro atoms. The van der Waals surface area contributed by atoms with E-state index in [1.54, 1.807) is 12.5 Å². The SMILES string of the molecule is CS(=O)(=O)c1cc([N+](=O)[O-])ccc1N1CCC(n2ccnc2)CC1. The fraction of sp³-hybridized carbons (Fsp3) is 0.400. The fourth-order valence-electron chi connectivity index (χ4n) is 3.06. The summed E-state index contributed by atoms with van der Waals surface area (Å²) in [5.74, 6) is 0. The largest absolute Gasteiger partial charge is 0.370 e.